The van der Waals surface area contributed by atoms with Crippen LogP contribution in [0.3, 0.4) is 0 Å². The molecule has 0 spiro atoms. The highest BCUT2D eigenvalue weighted by molar-refractivity contribution is 9.10. The van der Waals surface area contributed by atoms with E-state index in [1.807, 2.05) is 36.4 Å². The zero-order valence-electron chi connectivity index (χ0n) is 20.2. The highest BCUT2D eigenvalue weighted by atomic mass is 79.9. The van der Waals surface area contributed by atoms with Crippen LogP contribution < -0.4 is 10.1 Å². The number of ether oxygens (including phenoxy) is 2. The molecule has 0 saturated heterocycles. The highest BCUT2D eigenvalue weighted by Gasteiger charge is 2.52. The summed E-state index contributed by atoms with van der Waals surface area (Å²) in [6.07, 6.45) is 1.63. The van der Waals surface area contributed by atoms with E-state index < -0.39 is 23.4 Å². The molecule has 2 atom stereocenters. The van der Waals surface area contributed by atoms with Crippen LogP contribution in [-0.4, -0.2) is 35.7 Å². The minimum absolute atomic E-state index is 0.0117. The second kappa shape index (κ2) is 12.2. The number of aliphatic imine (C=N–C) groups is 1. The molecule has 0 radical (unpaired) electrons. The number of carbonyl (C=O) groups excluding carboxylic acids is 1. The smallest absolute Gasteiger partial charge is 0.252 e. The number of nitrogens with one attached hydrogen (secondary N) is 1. The molecule has 3 aromatic rings. The molecule has 8 heteroatoms. The van der Waals surface area contributed by atoms with E-state index in [0.717, 1.165) is 10.0 Å². The maximum absolute atomic E-state index is 14.2. The quantitative estimate of drug-likeness (QED) is 0.237. The molecule has 6 nitrogen and oxygen atoms in total. The van der Waals surface area contributed by atoms with Crippen LogP contribution >= 0.6 is 15.9 Å². The van der Waals surface area contributed by atoms with Crippen LogP contribution in [0.25, 0.3) is 0 Å². The van der Waals surface area contributed by atoms with Crippen LogP contribution in [0.15, 0.2) is 94.9 Å². The Morgan fingerprint density at radius 1 is 1.16 bits per heavy atom. The van der Waals surface area contributed by atoms with Gasteiger partial charge in [-0.05, 0) is 36.4 Å². The first-order chi connectivity index (χ1) is 18.0. The first-order valence-electron chi connectivity index (χ1n) is 12.0. The van der Waals surface area contributed by atoms with Crippen molar-refractivity contribution >= 4 is 27.7 Å². The Kier molecular flexibility index (Phi) is 8.74. The molecule has 1 aliphatic heterocycles. The van der Waals surface area contributed by atoms with E-state index in [9.17, 15) is 9.18 Å². The predicted molar refractivity (Wildman–Crippen MR) is 144 cm³/mol. The summed E-state index contributed by atoms with van der Waals surface area (Å²) in [6.45, 7) is 4.34. The Hall–Kier alpha value is -3.49. The van der Waals surface area contributed by atoms with Gasteiger partial charge in [0, 0.05) is 47.2 Å². The minimum Gasteiger partial charge on any atom is -0.494 e. The van der Waals surface area contributed by atoms with Crippen molar-refractivity contribution in [1.29, 1.82) is 0 Å². The number of rotatable bonds is 11. The van der Waals surface area contributed by atoms with Crippen molar-refractivity contribution in [3.63, 3.8) is 0 Å². The second-order valence-electron chi connectivity index (χ2n) is 8.58. The number of hydrogen-bond donors (Lipinski definition) is 2. The van der Waals surface area contributed by atoms with Crippen LogP contribution in [0.4, 0.5) is 4.39 Å². The van der Waals surface area contributed by atoms with E-state index in [0.29, 0.717) is 35.8 Å². The summed E-state index contributed by atoms with van der Waals surface area (Å²) >= 11 is 3.59. The summed E-state index contributed by atoms with van der Waals surface area (Å²) in [6, 6.07) is 21.0. The lowest BCUT2D eigenvalue weighted by molar-refractivity contribution is -0.129. The summed E-state index contributed by atoms with van der Waals surface area (Å²) < 4.78 is 27.0. The molecule has 3 aromatic carbocycles. The van der Waals surface area contributed by atoms with Crippen molar-refractivity contribution in [2.24, 2.45) is 4.99 Å². The van der Waals surface area contributed by atoms with E-state index in [-0.39, 0.29) is 19.6 Å². The van der Waals surface area contributed by atoms with Gasteiger partial charge in [-0.2, -0.15) is 0 Å². The van der Waals surface area contributed by atoms with Crippen molar-refractivity contribution in [1.82, 2.24) is 5.32 Å². The largest absolute Gasteiger partial charge is 0.494 e. The Labute approximate surface area is 224 Å². The SMILES string of the molecule is C=CC[C@@]1(C(=O)NCc2ccccc2F)N=C(c2ccc(OCCCO)cc2)O[C@@H]1c1ccccc1Br. The average Bonchev–Trinajstić information content (AvgIpc) is 3.29. The molecule has 0 saturated carbocycles. The Balaban J connectivity index is 1.68. The van der Waals surface area contributed by atoms with Crippen LogP contribution in [0, 0.1) is 5.82 Å². The van der Waals surface area contributed by atoms with Gasteiger partial charge in [0.15, 0.2) is 11.6 Å². The van der Waals surface area contributed by atoms with E-state index in [1.54, 1.807) is 36.4 Å². The summed E-state index contributed by atoms with van der Waals surface area (Å²) in [5.41, 5.74) is 0.456. The Morgan fingerprint density at radius 3 is 2.59 bits per heavy atom. The predicted octanol–water partition coefficient (Wildman–Crippen LogP) is 5.50. The van der Waals surface area contributed by atoms with Gasteiger partial charge in [0.1, 0.15) is 11.6 Å². The maximum Gasteiger partial charge on any atom is 0.252 e. The van der Waals surface area contributed by atoms with Gasteiger partial charge in [0.2, 0.25) is 5.90 Å². The number of carbonyl (C=O) groups is 1. The lowest BCUT2D eigenvalue weighted by Crippen LogP contribution is -2.48. The monoisotopic (exact) mass is 566 g/mol. The van der Waals surface area contributed by atoms with E-state index in [1.165, 1.54) is 6.07 Å². The first kappa shape index (κ1) is 26.6. The first-order valence-corrected chi connectivity index (χ1v) is 12.8. The fraction of sp³-hybridized carbons (Fsp3) is 0.241. The molecular weight excluding hydrogens is 539 g/mol. The van der Waals surface area contributed by atoms with Crippen LogP contribution in [0.1, 0.15) is 35.6 Å². The van der Waals surface area contributed by atoms with Gasteiger partial charge in [0.05, 0.1) is 6.61 Å². The number of benzene rings is 3. The molecule has 0 aromatic heterocycles. The van der Waals surface area contributed by atoms with Gasteiger partial charge in [-0.15, -0.1) is 6.58 Å². The standard InChI is InChI=1S/C29H28BrFN2O4/c1-2-16-29(28(35)32-19-21-8-3-6-11-25(21)31)26(23-9-4-5-10-24(23)30)37-27(33-29)20-12-14-22(15-13-20)36-18-7-17-34/h2-6,8-15,26,34H,1,7,16-19H2,(H,32,35)/t26-,29-/m1/s1. The third-order valence-corrected chi connectivity index (χ3v) is 6.79. The molecule has 192 valence electrons. The number of aliphatic hydroxyl groups is 1. The lowest BCUT2D eigenvalue weighted by atomic mass is 9.84. The Bertz CT molecular complexity index is 1280. The maximum atomic E-state index is 14.2. The van der Waals surface area contributed by atoms with Gasteiger partial charge in [-0.25, -0.2) is 9.38 Å². The topological polar surface area (TPSA) is 80.2 Å². The van der Waals surface area contributed by atoms with E-state index in [4.69, 9.17) is 19.6 Å². The third kappa shape index (κ3) is 5.92. The van der Waals surface area contributed by atoms with Crippen LogP contribution in [0.2, 0.25) is 0 Å². The lowest BCUT2D eigenvalue weighted by Gasteiger charge is -2.30. The Morgan fingerprint density at radius 2 is 1.89 bits per heavy atom. The van der Waals surface area contributed by atoms with Gasteiger partial charge in [0.25, 0.3) is 5.91 Å². The molecule has 0 fully saturated rings. The number of halogens is 2. The summed E-state index contributed by atoms with van der Waals surface area (Å²) in [5.74, 6) is 0.176. The van der Waals surface area contributed by atoms with Crippen LogP contribution in [0.5, 0.6) is 5.75 Å². The van der Waals surface area contributed by atoms with Crippen molar-refractivity contribution < 1.29 is 23.8 Å². The molecule has 0 bridgehead atoms. The van der Waals surface area contributed by atoms with Gasteiger partial charge >= 0.3 is 0 Å². The van der Waals surface area contributed by atoms with Crippen molar-refractivity contribution in [2.75, 3.05) is 13.2 Å². The highest BCUT2D eigenvalue weighted by Crippen LogP contribution is 2.44. The molecule has 0 aliphatic carbocycles. The molecule has 1 amide bonds. The zero-order valence-corrected chi connectivity index (χ0v) is 21.8. The molecule has 2 N–H and O–H groups in total. The van der Waals surface area contributed by atoms with E-state index in [2.05, 4.69) is 27.8 Å². The van der Waals surface area contributed by atoms with Crippen molar-refractivity contribution in [3.8, 4) is 5.75 Å². The van der Waals surface area contributed by atoms with E-state index >= 15 is 0 Å². The number of nitrogens with zero attached hydrogens (tertiary/aromatic N) is 1. The van der Waals surface area contributed by atoms with Gasteiger partial charge < -0.3 is 19.9 Å². The van der Waals surface area contributed by atoms with Gasteiger partial charge in [-0.1, -0.05) is 58.4 Å². The molecular formula is C29H28BrFN2O4. The molecule has 1 heterocycles. The number of aliphatic hydroxyl groups excluding tert-OH is 1. The number of amides is 1. The number of hydrogen-bond acceptors (Lipinski definition) is 5. The zero-order chi connectivity index (χ0) is 26.3. The molecule has 37 heavy (non-hydrogen) atoms. The third-order valence-electron chi connectivity index (χ3n) is 6.07. The normalized spacial score (nSPS) is 18.6. The molecule has 1 aliphatic rings. The molecule has 0 unspecified atom stereocenters. The fourth-order valence-electron chi connectivity index (χ4n) is 4.17. The summed E-state index contributed by atoms with van der Waals surface area (Å²) in [4.78, 5) is 18.6. The van der Waals surface area contributed by atoms with Crippen molar-refractivity contribution in [2.45, 2.75) is 31.0 Å². The second-order valence-corrected chi connectivity index (χ2v) is 9.43. The van der Waals surface area contributed by atoms with Gasteiger partial charge in [-0.3, -0.25) is 4.79 Å². The molecule has 4 rings (SSSR count). The van der Waals surface area contributed by atoms with Crippen LogP contribution in [-0.2, 0) is 16.1 Å². The average molecular weight is 567 g/mol. The summed E-state index contributed by atoms with van der Waals surface area (Å²) in [7, 11) is 0. The minimum atomic E-state index is -1.36. The summed E-state index contributed by atoms with van der Waals surface area (Å²) in [5, 5.41) is 11.8. The fourth-order valence-corrected chi connectivity index (χ4v) is 4.66. The van der Waals surface area contributed by atoms with Crippen molar-refractivity contribution in [3.05, 3.63) is 112 Å².